The zero-order chi connectivity index (χ0) is 20.8. The van der Waals surface area contributed by atoms with Crippen LogP contribution in [0.15, 0.2) is 54.7 Å². The molecule has 5 rings (SSSR count). The van der Waals surface area contributed by atoms with Gasteiger partial charge in [0.2, 0.25) is 5.91 Å². The highest BCUT2D eigenvalue weighted by atomic mass is 16.5. The van der Waals surface area contributed by atoms with E-state index in [-0.39, 0.29) is 11.9 Å². The minimum absolute atomic E-state index is 0.152. The highest BCUT2D eigenvalue weighted by molar-refractivity contribution is 5.80. The van der Waals surface area contributed by atoms with Gasteiger partial charge < -0.3 is 14.2 Å². The van der Waals surface area contributed by atoms with E-state index in [1.54, 1.807) is 14.0 Å². The third-order valence-electron chi connectivity index (χ3n) is 6.96. The average Bonchev–Trinajstić information content (AvgIpc) is 3.41. The van der Waals surface area contributed by atoms with E-state index in [9.17, 15) is 4.79 Å². The van der Waals surface area contributed by atoms with Gasteiger partial charge in [-0.3, -0.25) is 9.69 Å². The summed E-state index contributed by atoms with van der Waals surface area (Å²) in [6.07, 6.45) is 2.12. The van der Waals surface area contributed by atoms with Crippen LogP contribution in [0.2, 0.25) is 0 Å². The maximum atomic E-state index is 12.4. The highest BCUT2D eigenvalue weighted by Gasteiger charge is 2.48. The van der Waals surface area contributed by atoms with Crippen molar-refractivity contribution in [2.75, 3.05) is 26.7 Å². The molecule has 30 heavy (non-hydrogen) atoms. The van der Waals surface area contributed by atoms with Crippen molar-refractivity contribution in [2.24, 2.45) is 18.9 Å². The number of methoxy groups -OCH3 is 1. The Morgan fingerprint density at radius 2 is 1.87 bits per heavy atom. The van der Waals surface area contributed by atoms with Gasteiger partial charge in [-0.25, -0.2) is 0 Å². The lowest BCUT2D eigenvalue weighted by atomic mass is 9.89. The number of carbonyl (C=O) groups excluding carboxylic acids is 1. The van der Waals surface area contributed by atoms with Crippen LogP contribution in [0, 0.1) is 11.8 Å². The summed E-state index contributed by atoms with van der Waals surface area (Å²) in [4.78, 5) is 17.0. The molecule has 0 unspecified atom stereocenters. The number of aryl methyl sites for hydroxylation is 1. The topological polar surface area (TPSA) is 37.7 Å². The average molecular weight is 404 g/mol. The summed E-state index contributed by atoms with van der Waals surface area (Å²) in [6, 6.07) is 17.3. The van der Waals surface area contributed by atoms with Gasteiger partial charge in [0, 0.05) is 57.8 Å². The second kappa shape index (κ2) is 7.47. The van der Waals surface area contributed by atoms with Crippen LogP contribution in [-0.4, -0.2) is 47.0 Å². The molecule has 5 heteroatoms. The highest BCUT2D eigenvalue weighted by Crippen LogP contribution is 2.45. The predicted octanol–water partition coefficient (Wildman–Crippen LogP) is 3.84. The molecule has 3 aromatic rings. The lowest BCUT2D eigenvalue weighted by Crippen LogP contribution is -2.34. The Morgan fingerprint density at radius 1 is 1.07 bits per heavy atom. The summed E-state index contributed by atoms with van der Waals surface area (Å²) in [5.74, 6) is 2.03. The number of hydrogen-bond acceptors (Lipinski definition) is 3. The van der Waals surface area contributed by atoms with Crippen LogP contribution in [0.1, 0.15) is 24.1 Å². The number of nitrogens with zero attached hydrogens (tertiary/aromatic N) is 3. The molecule has 2 fully saturated rings. The van der Waals surface area contributed by atoms with Crippen molar-refractivity contribution in [3.05, 3.63) is 65.9 Å². The summed E-state index contributed by atoms with van der Waals surface area (Å²) in [5.41, 5.74) is 3.85. The third kappa shape index (κ3) is 3.27. The Bertz CT molecular complexity index is 1070. The van der Waals surface area contributed by atoms with Gasteiger partial charge in [-0.1, -0.05) is 24.3 Å². The summed E-state index contributed by atoms with van der Waals surface area (Å²) in [5, 5.41) is 1.29. The predicted molar refractivity (Wildman–Crippen MR) is 118 cm³/mol. The molecule has 0 spiro atoms. The van der Waals surface area contributed by atoms with Gasteiger partial charge in [0.05, 0.1) is 13.2 Å². The first kappa shape index (κ1) is 19.2. The van der Waals surface area contributed by atoms with Crippen LogP contribution in [0.4, 0.5) is 0 Å². The first-order valence-corrected chi connectivity index (χ1v) is 10.7. The SMILES string of the molecule is COc1ccc([C@H]2[C@@H]3CN(Cc4ccc5ccn(C)c5c4)C[C@@H]3CN2C(C)=O)cc1. The number of aromatic nitrogens is 1. The molecule has 0 radical (unpaired) electrons. The Balaban J connectivity index is 1.36. The Labute approximate surface area is 177 Å². The van der Waals surface area contributed by atoms with Crippen molar-refractivity contribution in [2.45, 2.75) is 19.5 Å². The van der Waals surface area contributed by atoms with Crippen molar-refractivity contribution in [1.82, 2.24) is 14.4 Å². The molecule has 2 aliphatic heterocycles. The molecule has 156 valence electrons. The van der Waals surface area contributed by atoms with E-state index < -0.39 is 0 Å². The van der Waals surface area contributed by atoms with E-state index in [0.717, 1.165) is 31.9 Å². The van der Waals surface area contributed by atoms with Gasteiger partial charge in [0.15, 0.2) is 0 Å². The Hall–Kier alpha value is -2.79. The van der Waals surface area contributed by atoms with E-state index in [1.165, 1.54) is 22.0 Å². The van der Waals surface area contributed by atoms with E-state index in [1.807, 2.05) is 12.1 Å². The van der Waals surface area contributed by atoms with Gasteiger partial charge in [0.1, 0.15) is 5.75 Å². The maximum Gasteiger partial charge on any atom is 0.219 e. The molecule has 2 aliphatic rings. The molecule has 0 saturated carbocycles. The number of benzene rings is 2. The number of fused-ring (bicyclic) bond motifs is 2. The molecule has 0 N–H and O–H groups in total. The molecule has 5 nitrogen and oxygen atoms in total. The number of rotatable bonds is 4. The van der Waals surface area contributed by atoms with Crippen LogP contribution in [0.25, 0.3) is 10.9 Å². The van der Waals surface area contributed by atoms with Crippen LogP contribution >= 0.6 is 0 Å². The Morgan fingerprint density at radius 3 is 2.60 bits per heavy atom. The standard InChI is InChI=1S/C25H29N3O2/c1-17(29)28-15-21-14-27(13-18-4-5-19-10-11-26(2)24(19)12-18)16-23(21)25(28)20-6-8-22(30-3)9-7-20/h4-12,21,23,25H,13-16H2,1-3H3/t21-,23-,25+/m1/s1. The second-order valence-electron chi connectivity index (χ2n) is 8.83. The van der Waals surface area contributed by atoms with E-state index >= 15 is 0 Å². The molecule has 1 amide bonds. The minimum Gasteiger partial charge on any atom is -0.497 e. The van der Waals surface area contributed by atoms with Crippen molar-refractivity contribution < 1.29 is 9.53 Å². The van der Waals surface area contributed by atoms with Crippen molar-refractivity contribution >= 4 is 16.8 Å². The lowest BCUT2D eigenvalue weighted by molar-refractivity contribution is -0.130. The van der Waals surface area contributed by atoms with E-state index in [2.05, 4.69) is 64.0 Å². The molecule has 1 aromatic heterocycles. The van der Waals surface area contributed by atoms with Gasteiger partial charge in [-0.2, -0.15) is 0 Å². The fourth-order valence-electron chi connectivity index (χ4n) is 5.48. The number of carbonyl (C=O) groups is 1. The molecule has 0 aliphatic carbocycles. The van der Waals surface area contributed by atoms with Crippen LogP contribution in [0.5, 0.6) is 5.75 Å². The van der Waals surface area contributed by atoms with E-state index in [0.29, 0.717) is 11.8 Å². The second-order valence-corrected chi connectivity index (χ2v) is 8.83. The molecule has 2 aromatic carbocycles. The lowest BCUT2D eigenvalue weighted by Gasteiger charge is -2.29. The number of hydrogen-bond donors (Lipinski definition) is 0. The third-order valence-corrected chi connectivity index (χ3v) is 6.96. The van der Waals surface area contributed by atoms with E-state index in [4.69, 9.17) is 4.74 Å². The van der Waals surface area contributed by atoms with Crippen molar-refractivity contribution in [3.8, 4) is 5.75 Å². The molecular weight excluding hydrogens is 374 g/mol. The molecular formula is C25H29N3O2. The summed E-state index contributed by atoms with van der Waals surface area (Å²) >= 11 is 0. The molecule has 3 heterocycles. The first-order chi connectivity index (χ1) is 14.5. The summed E-state index contributed by atoms with van der Waals surface area (Å²) < 4.78 is 7.50. The largest absolute Gasteiger partial charge is 0.497 e. The fraction of sp³-hybridized carbons (Fsp3) is 0.400. The smallest absolute Gasteiger partial charge is 0.219 e. The minimum atomic E-state index is 0.152. The van der Waals surface area contributed by atoms with Crippen molar-refractivity contribution in [1.29, 1.82) is 0 Å². The zero-order valence-corrected chi connectivity index (χ0v) is 17.9. The Kier molecular flexibility index (Phi) is 4.78. The summed E-state index contributed by atoms with van der Waals surface area (Å²) in [7, 11) is 3.78. The molecule has 2 saturated heterocycles. The first-order valence-electron chi connectivity index (χ1n) is 10.7. The zero-order valence-electron chi connectivity index (χ0n) is 17.9. The monoisotopic (exact) mass is 403 g/mol. The number of likely N-dealkylation sites (tertiary alicyclic amines) is 2. The van der Waals surface area contributed by atoms with Crippen LogP contribution in [-0.2, 0) is 18.4 Å². The number of amides is 1. The quantitative estimate of drug-likeness (QED) is 0.664. The van der Waals surface area contributed by atoms with Gasteiger partial charge in [0.25, 0.3) is 0 Å². The van der Waals surface area contributed by atoms with Crippen LogP contribution in [0.3, 0.4) is 0 Å². The van der Waals surface area contributed by atoms with Crippen LogP contribution < -0.4 is 4.74 Å². The maximum absolute atomic E-state index is 12.4. The molecule has 3 atom stereocenters. The molecule has 0 bridgehead atoms. The van der Waals surface area contributed by atoms with Gasteiger partial charge in [-0.05, 0) is 46.7 Å². The number of ether oxygens (including phenoxy) is 1. The van der Waals surface area contributed by atoms with Crippen molar-refractivity contribution in [3.63, 3.8) is 0 Å². The normalized spacial score (nSPS) is 23.8. The fourth-order valence-corrected chi connectivity index (χ4v) is 5.48. The van der Waals surface area contributed by atoms with Gasteiger partial charge in [-0.15, -0.1) is 0 Å². The summed E-state index contributed by atoms with van der Waals surface area (Å²) in [6.45, 7) is 5.58. The van der Waals surface area contributed by atoms with Gasteiger partial charge >= 0.3 is 0 Å².